The number of carbonyl (C=O) groups is 4. The summed E-state index contributed by atoms with van der Waals surface area (Å²) in [5.41, 5.74) is 2.96. The van der Waals surface area contributed by atoms with Gasteiger partial charge in [-0.3, -0.25) is 19.7 Å². The number of benzene rings is 2. The molecule has 3 N–H and O–H groups in total. The third-order valence-electron chi connectivity index (χ3n) is 8.14. The van der Waals surface area contributed by atoms with Crippen LogP contribution in [0, 0.1) is 0 Å². The molecule has 0 aliphatic carbocycles. The zero-order valence-electron chi connectivity index (χ0n) is 23.0. The highest BCUT2D eigenvalue weighted by atomic mass is 35.5. The molecule has 0 saturated carbocycles. The summed E-state index contributed by atoms with van der Waals surface area (Å²) in [6, 6.07) is 10.6. The highest BCUT2D eigenvalue weighted by molar-refractivity contribution is 6.30. The number of nitrogens with zero attached hydrogens (tertiary/aromatic N) is 2. The van der Waals surface area contributed by atoms with Crippen LogP contribution in [-0.2, 0) is 35.9 Å². The summed E-state index contributed by atoms with van der Waals surface area (Å²) in [5.74, 6) is -0.704. The molecule has 3 amide bonds. The molecule has 3 aromatic rings. The van der Waals surface area contributed by atoms with Crippen LogP contribution in [0.5, 0.6) is 0 Å². The first-order valence-electron chi connectivity index (χ1n) is 13.9. The van der Waals surface area contributed by atoms with Crippen LogP contribution >= 0.6 is 11.6 Å². The van der Waals surface area contributed by atoms with Crippen molar-refractivity contribution in [1.82, 2.24) is 14.9 Å². The third-order valence-corrected chi connectivity index (χ3v) is 8.37. The van der Waals surface area contributed by atoms with E-state index in [1.165, 1.54) is 7.11 Å². The van der Waals surface area contributed by atoms with Crippen molar-refractivity contribution < 1.29 is 28.7 Å². The van der Waals surface area contributed by atoms with Crippen LogP contribution in [0.4, 0.5) is 16.2 Å². The summed E-state index contributed by atoms with van der Waals surface area (Å²) in [4.78, 5) is 60.7. The average molecular weight is 592 g/mol. The second-order valence-corrected chi connectivity index (χ2v) is 11.3. The van der Waals surface area contributed by atoms with Gasteiger partial charge in [-0.15, -0.1) is 0 Å². The Balaban J connectivity index is 1.29. The molecule has 218 valence electrons. The van der Waals surface area contributed by atoms with E-state index in [4.69, 9.17) is 21.1 Å². The number of halogens is 1. The number of imidazole rings is 1. The molecule has 3 aliphatic heterocycles. The molecule has 42 heavy (non-hydrogen) atoms. The maximum Gasteiger partial charge on any atom is 0.412 e. The summed E-state index contributed by atoms with van der Waals surface area (Å²) >= 11 is 6.28. The first-order valence-corrected chi connectivity index (χ1v) is 14.3. The molecular weight excluding hydrogens is 562 g/mol. The lowest BCUT2D eigenvalue weighted by Gasteiger charge is -2.35. The van der Waals surface area contributed by atoms with Crippen LogP contribution in [0.2, 0.25) is 5.02 Å². The van der Waals surface area contributed by atoms with Gasteiger partial charge in [0.1, 0.15) is 5.82 Å². The average Bonchev–Trinajstić information content (AvgIpc) is 3.61. The molecule has 11 nitrogen and oxygen atoms in total. The van der Waals surface area contributed by atoms with Crippen LogP contribution in [-0.4, -0.2) is 58.9 Å². The van der Waals surface area contributed by atoms with Crippen LogP contribution in [0.15, 0.2) is 42.6 Å². The number of ether oxygens (including phenoxy) is 2. The van der Waals surface area contributed by atoms with Crippen molar-refractivity contribution in [3.63, 3.8) is 0 Å². The standard InChI is InChI=1S/C30H30ClN5O6/c1-41-26(38)13-17-6-8-19-23(12-17)33-25(37)5-3-2-4-20(27-32-15-24(19)34-27)28(39)36-11-10-30(16-36)21-14-18(31)7-9-22(21)35-29(40)42-30/h6-9,12,14-15,20H,2-5,10-11,13,16H2,1H3,(H,32,34)(H,33,37)(H,35,40)/t20-,30+/m1/s1. The van der Waals surface area contributed by atoms with E-state index < -0.39 is 17.6 Å². The van der Waals surface area contributed by atoms with Gasteiger partial charge in [0.2, 0.25) is 11.8 Å². The van der Waals surface area contributed by atoms with Crippen molar-refractivity contribution in [3.05, 3.63) is 64.6 Å². The topological polar surface area (TPSA) is 143 Å². The molecule has 3 aliphatic rings. The van der Waals surface area contributed by atoms with Crippen molar-refractivity contribution in [3.8, 4) is 11.3 Å². The molecule has 1 saturated heterocycles. The van der Waals surface area contributed by atoms with Crippen molar-refractivity contribution in [1.29, 1.82) is 0 Å². The van der Waals surface area contributed by atoms with Crippen LogP contribution < -0.4 is 10.6 Å². The van der Waals surface area contributed by atoms with Crippen molar-refractivity contribution in [2.24, 2.45) is 0 Å². The van der Waals surface area contributed by atoms with Crippen LogP contribution in [0.25, 0.3) is 11.3 Å². The number of likely N-dealkylation sites (tertiary alicyclic amines) is 1. The van der Waals surface area contributed by atoms with E-state index in [1.54, 1.807) is 41.4 Å². The first kappa shape index (κ1) is 27.8. The summed E-state index contributed by atoms with van der Waals surface area (Å²) in [6.07, 6.45) is 3.60. The fourth-order valence-corrected chi connectivity index (χ4v) is 6.19. The fourth-order valence-electron chi connectivity index (χ4n) is 6.02. The monoisotopic (exact) mass is 591 g/mol. The van der Waals surface area contributed by atoms with E-state index in [0.29, 0.717) is 71.3 Å². The Hall–Kier alpha value is -4.38. The number of hydrogen-bond acceptors (Lipinski definition) is 7. The Bertz CT molecular complexity index is 1590. The third kappa shape index (κ3) is 5.32. The maximum atomic E-state index is 14.1. The highest BCUT2D eigenvalue weighted by Crippen LogP contribution is 2.44. The maximum absolute atomic E-state index is 14.1. The van der Waals surface area contributed by atoms with Gasteiger partial charge in [-0.1, -0.05) is 30.2 Å². The van der Waals surface area contributed by atoms with E-state index >= 15 is 0 Å². The number of nitrogens with one attached hydrogen (secondary N) is 3. The molecule has 0 unspecified atom stereocenters. The molecule has 1 spiro atoms. The van der Waals surface area contributed by atoms with Gasteiger partial charge in [0.25, 0.3) is 0 Å². The Labute approximate surface area is 246 Å². The summed E-state index contributed by atoms with van der Waals surface area (Å²) in [7, 11) is 1.33. The smallest absolute Gasteiger partial charge is 0.412 e. The number of H-pyrrole nitrogens is 1. The van der Waals surface area contributed by atoms with Crippen molar-refractivity contribution in [2.45, 2.75) is 50.0 Å². The second-order valence-electron chi connectivity index (χ2n) is 10.9. The minimum absolute atomic E-state index is 0.0732. The SMILES string of the molecule is COC(=O)Cc1ccc2c(c1)NC(=O)CCCC[C@@H](C(=O)N1CC[C@@]3(C1)OC(=O)Nc1ccc(Cl)cc13)c1ncc-2[nH]1. The number of fused-ring (bicyclic) bond motifs is 6. The molecule has 6 rings (SSSR count). The lowest BCUT2D eigenvalue weighted by atomic mass is 9.90. The molecule has 12 heteroatoms. The van der Waals surface area contributed by atoms with Gasteiger partial charge in [-0.2, -0.15) is 0 Å². The van der Waals surface area contributed by atoms with Gasteiger partial charge in [0.15, 0.2) is 5.60 Å². The quantitative estimate of drug-likeness (QED) is 0.374. The molecule has 1 aromatic heterocycles. The number of esters is 1. The van der Waals surface area contributed by atoms with E-state index in [9.17, 15) is 19.2 Å². The van der Waals surface area contributed by atoms with E-state index in [1.807, 2.05) is 6.07 Å². The van der Waals surface area contributed by atoms with Gasteiger partial charge in [-0.05, 0) is 42.7 Å². The summed E-state index contributed by atoms with van der Waals surface area (Å²) in [5, 5.41) is 6.20. The lowest BCUT2D eigenvalue weighted by molar-refractivity contribution is -0.139. The number of methoxy groups -OCH3 is 1. The number of hydrogen-bond donors (Lipinski definition) is 3. The zero-order valence-corrected chi connectivity index (χ0v) is 23.8. The highest BCUT2D eigenvalue weighted by Gasteiger charge is 2.49. The van der Waals surface area contributed by atoms with Gasteiger partial charge in [0, 0.05) is 35.5 Å². The van der Waals surface area contributed by atoms with E-state index in [0.717, 1.165) is 5.56 Å². The fraction of sp³-hybridized carbons (Fsp3) is 0.367. The number of aromatic amines is 1. The van der Waals surface area contributed by atoms with Gasteiger partial charge < -0.3 is 24.7 Å². The number of rotatable bonds is 3. The largest absolute Gasteiger partial charge is 0.469 e. The molecule has 0 radical (unpaired) electrons. The molecule has 2 bridgehead atoms. The van der Waals surface area contributed by atoms with Gasteiger partial charge in [0.05, 0.1) is 49.3 Å². The van der Waals surface area contributed by atoms with Crippen LogP contribution in [0.1, 0.15) is 55.0 Å². The summed E-state index contributed by atoms with van der Waals surface area (Å²) < 4.78 is 10.6. The molecule has 1 fully saturated rings. The normalized spacial score (nSPS) is 21.7. The number of carbonyl (C=O) groups excluding carboxylic acids is 4. The minimum atomic E-state index is -0.989. The predicted molar refractivity (Wildman–Crippen MR) is 154 cm³/mol. The predicted octanol–water partition coefficient (Wildman–Crippen LogP) is 4.73. The first-order chi connectivity index (χ1) is 20.2. The molecule has 2 aromatic carbocycles. The number of anilines is 2. The minimum Gasteiger partial charge on any atom is -0.469 e. The zero-order chi connectivity index (χ0) is 29.4. The molecule has 4 heterocycles. The van der Waals surface area contributed by atoms with Crippen LogP contribution in [0.3, 0.4) is 0 Å². The molecule has 2 atom stereocenters. The van der Waals surface area contributed by atoms with E-state index in [2.05, 4.69) is 20.6 Å². The molecular formula is C30H30ClN5O6. The number of aromatic nitrogens is 2. The van der Waals surface area contributed by atoms with Gasteiger partial charge in [-0.25, -0.2) is 9.78 Å². The Morgan fingerprint density at radius 2 is 2.00 bits per heavy atom. The van der Waals surface area contributed by atoms with Crippen molar-refractivity contribution in [2.75, 3.05) is 30.8 Å². The summed E-state index contributed by atoms with van der Waals surface area (Å²) in [6.45, 7) is 0.598. The van der Waals surface area contributed by atoms with Gasteiger partial charge >= 0.3 is 12.1 Å². The second kappa shape index (κ2) is 11.1. The Kier molecular flexibility index (Phi) is 7.36. The Morgan fingerprint density at radius 1 is 1.14 bits per heavy atom. The Morgan fingerprint density at radius 3 is 2.83 bits per heavy atom. The van der Waals surface area contributed by atoms with E-state index in [-0.39, 0.29) is 37.2 Å². The lowest BCUT2D eigenvalue weighted by Crippen LogP contribution is -2.43. The van der Waals surface area contributed by atoms with Crippen molar-refractivity contribution >= 4 is 46.9 Å². The number of amides is 3.